The van der Waals surface area contributed by atoms with Crippen LogP contribution in [-0.4, -0.2) is 45.3 Å². The van der Waals surface area contributed by atoms with Crippen LogP contribution in [-0.2, 0) is 14.8 Å². The summed E-state index contributed by atoms with van der Waals surface area (Å²) in [5.74, 6) is 0.675. The normalized spacial score (nSPS) is 23.3. The smallest absolute Gasteiger partial charge is 0.214 e. The van der Waals surface area contributed by atoms with E-state index < -0.39 is 10.0 Å². The van der Waals surface area contributed by atoms with Gasteiger partial charge in [0, 0.05) is 26.8 Å². The second-order valence-electron chi connectivity index (χ2n) is 6.82. The number of rotatable bonds is 5. The molecule has 0 bridgehead atoms. The Balaban J connectivity index is 2.69. The molecule has 1 atom stereocenters. The van der Waals surface area contributed by atoms with Crippen molar-refractivity contribution in [1.82, 2.24) is 4.31 Å². The van der Waals surface area contributed by atoms with E-state index in [0.29, 0.717) is 19.0 Å². The third kappa shape index (κ3) is 6.23. The van der Waals surface area contributed by atoms with Gasteiger partial charge in [0.05, 0.1) is 5.75 Å². The third-order valence-electron chi connectivity index (χ3n) is 3.47. The summed E-state index contributed by atoms with van der Waals surface area (Å²) in [6.45, 7) is 8.00. The molecule has 1 unspecified atom stereocenters. The average Bonchev–Trinajstić information content (AvgIpc) is 2.48. The van der Waals surface area contributed by atoms with Gasteiger partial charge in [-0.25, -0.2) is 12.7 Å². The van der Waals surface area contributed by atoms with Crippen molar-refractivity contribution in [1.29, 1.82) is 0 Å². The minimum atomic E-state index is -3.13. The van der Waals surface area contributed by atoms with Gasteiger partial charge in [-0.05, 0) is 30.6 Å². The monoisotopic (exact) mass is 291 g/mol. The molecule has 0 amide bonds. The Morgan fingerprint density at radius 3 is 2.53 bits per heavy atom. The molecule has 19 heavy (non-hydrogen) atoms. The van der Waals surface area contributed by atoms with Crippen molar-refractivity contribution < 1.29 is 13.2 Å². The summed E-state index contributed by atoms with van der Waals surface area (Å²) in [5.41, 5.74) is -0.187. The lowest BCUT2D eigenvalue weighted by Crippen LogP contribution is -2.39. The van der Waals surface area contributed by atoms with E-state index in [1.54, 1.807) is 11.4 Å². The van der Waals surface area contributed by atoms with Gasteiger partial charge in [0.25, 0.3) is 0 Å². The van der Waals surface area contributed by atoms with Crippen molar-refractivity contribution >= 4 is 10.0 Å². The molecule has 0 aromatic rings. The zero-order chi connectivity index (χ0) is 14.5. The van der Waals surface area contributed by atoms with E-state index in [1.165, 1.54) is 0 Å². The molecule has 0 radical (unpaired) electrons. The van der Waals surface area contributed by atoms with E-state index in [4.69, 9.17) is 4.74 Å². The van der Waals surface area contributed by atoms with Crippen LogP contribution in [0.4, 0.5) is 0 Å². The van der Waals surface area contributed by atoms with Gasteiger partial charge in [-0.1, -0.05) is 27.2 Å². The first-order valence-electron chi connectivity index (χ1n) is 7.21. The largest absolute Gasteiger partial charge is 0.385 e. The molecule has 114 valence electrons. The van der Waals surface area contributed by atoms with Crippen LogP contribution in [0.3, 0.4) is 0 Å². The number of hydrogen-bond donors (Lipinski definition) is 0. The lowest BCUT2D eigenvalue weighted by Gasteiger charge is -2.27. The molecule has 1 fully saturated rings. The van der Waals surface area contributed by atoms with E-state index in [2.05, 4.69) is 0 Å². The van der Waals surface area contributed by atoms with E-state index in [1.807, 2.05) is 20.8 Å². The van der Waals surface area contributed by atoms with Gasteiger partial charge in [0.2, 0.25) is 10.0 Å². The summed E-state index contributed by atoms with van der Waals surface area (Å²) in [6.07, 6.45) is 4.17. The first kappa shape index (κ1) is 16.9. The molecule has 0 N–H and O–H groups in total. The SMILES string of the molecule is COCCC1CCCCN(S(=O)(=O)CC(C)(C)C)C1. The molecule has 0 aromatic heterocycles. The van der Waals surface area contributed by atoms with Gasteiger partial charge >= 0.3 is 0 Å². The van der Waals surface area contributed by atoms with Crippen LogP contribution in [0.1, 0.15) is 46.5 Å². The molecule has 0 aliphatic carbocycles. The summed E-state index contributed by atoms with van der Waals surface area (Å²) in [7, 11) is -1.43. The average molecular weight is 291 g/mol. The van der Waals surface area contributed by atoms with Crippen LogP contribution in [0.15, 0.2) is 0 Å². The van der Waals surface area contributed by atoms with Crippen molar-refractivity contribution in [3.8, 4) is 0 Å². The Bertz CT molecular complexity index is 359. The van der Waals surface area contributed by atoms with E-state index >= 15 is 0 Å². The minimum absolute atomic E-state index is 0.187. The highest BCUT2D eigenvalue weighted by molar-refractivity contribution is 7.89. The second-order valence-corrected chi connectivity index (χ2v) is 8.79. The van der Waals surface area contributed by atoms with Gasteiger partial charge in [0.1, 0.15) is 0 Å². The Labute approximate surface area is 118 Å². The molecule has 4 nitrogen and oxygen atoms in total. The molecule has 1 aliphatic rings. The predicted molar refractivity (Wildman–Crippen MR) is 78.6 cm³/mol. The van der Waals surface area contributed by atoms with E-state index in [0.717, 1.165) is 32.3 Å². The van der Waals surface area contributed by atoms with Gasteiger partial charge < -0.3 is 4.74 Å². The lowest BCUT2D eigenvalue weighted by molar-refractivity contribution is 0.171. The van der Waals surface area contributed by atoms with Crippen molar-refractivity contribution in [2.24, 2.45) is 11.3 Å². The molecule has 1 rings (SSSR count). The van der Waals surface area contributed by atoms with Gasteiger partial charge in [-0.15, -0.1) is 0 Å². The standard InChI is InChI=1S/C14H29NO3S/c1-14(2,3)12-19(16,17)15-9-6-5-7-13(11-15)8-10-18-4/h13H,5-12H2,1-4H3. The topological polar surface area (TPSA) is 46.6 Å². The molecule has 1 heterocycles. The summed E-state index contributed by atoms with van der Waals surface area (Å²) in [6, 6.07) is 0. The predicted octanol–water partition coefficient (Wildman–Crippen LogP) is 2.50. The number of sulfonamides is 1. The third-order valence-corrected chi connectivity index (χ3v) is 5.82. The number of methoxy groups -OCH3 is 1. The van der Waals surface area contributed by atoms with Crippen molar-refractivity contribution in [2.45, 2.75) is 46.5 Å². The van der Waals surface area contributed by atoms with Crippen LogP contribution >= 0.6 is 0 Å². The summed E-state index contributed by atoms with van der Waals surface area (Å²) in [5, 5.41) is 0. The molecule has 0 aromatic carbocycles. The molecule has 1 aliphatic heterocycles. The Morgan fingerprint density at radius 1 is 1.26 bits per heavy atom. The molecule has 1 saturated heterocycles. The molecular formula is C14H29NO3S. The van der Waals surface area contributed by atoms with E-state index in [-0.39, 0.29) is 11.2 Å². The van der Waals surface area contributed by atoms with Crippen LogP contribution < -0.4 is 0 Å². The molecule has 0 saturated carbocycles. The van der Waals surface area contributed by atoms with Crippen LogP contribution in [0.25, 0.3) is 0 Å². The first-order valence-corrected chi connectivity index (χ1v) is 8.82. The summed E-state index contributed by atoms with van der Waals surface area (Å²) < 4.78 is 31.8. The molecular weight excluding hydrogens is 262 g/mol. The molecule has 5 heteroatoms. The van der Waals surface area contributed by atoms with Gasteiger partial charge in [0.15, 0.2) is 0 Å². The lowest BCUT2D eigenvalue weighted by atomic mass is 10.0. The fourth-order valence-corrected chi connectivity index (χ4v) is 4.73. The fourth-order valence-electron chi connectivity index (χ4n) is 2.60. The summed E-state index contributed by atoms with van der Waals surface area (Å²) in [4.78, 5) is 0. The van der Waals surface area contributed by atoms with Crippen LogP contribution in [0.2, 0.25) is 0 Å². The van der Waals surface area contributed by atoms with Crippen molar-refractivity contribution in [3.05, 3.63) is 0 Å². The number of nitrogens with zero attached hydrogens (tertiary/aromatic N) is 1. The Morgan fingerprint density at radius 2 is 1.95 bits per heavy atom. The van der Waals surface area contributed by atoms with Crippen LogP contribution in [0, 0.1) is 11.3 Å². The van der Waals surface area contributed by atoms with Crippen LogP contribution in [0.5, 0.6) is 0 Å². The highest BCUT2D eigenvalue weighted by atomic mass is 32.2. The zero-order valence-corrected chi connectivity index (χ0v) is 13.6. The second kappa shape index (κ2) is 7.04. The zero-order valence-electron chi connectivity index (χ0n) is 12.8. The highest BCUT2D eigenvalue weighted by Gasteiger charge is 2.30. The van der Waals surface area contributed by atoms with Crippen molar-refractivity contribution in [2.75, 3.05) is 32.6 Å². The Hall–Kier alpha value is -0.130. The van der Waals surface area contributed by atoms with Gasteiger partial charge in [-0.3, -0.25) is 0 Å². The summed E-state index contributed by atoms with van der Waals surface area (Å²) >= 11 is 0. The number of hydrogen-bond acceptors (Lipinski definition) is 3. The quantitative estimate of drug-likeness (QED) is 0.782. The maximum atomic E-state index is 12.5. The number of ether oxygens (including phenoxy) is 1. The van der Waals surface area contributed by atoms with Crippen molar-refractivity contribution in [3.63, 3.8) is 0 Å². The Kier molecular flexibility index (Phi) is 6.27. The van der Waals surface area contributed by atoms with Gasteiger partial charge in [-0.2, -0.15) is 0 Å². The minimum Gasteiger partial charge on any atom is -0.385 e. The fraction of sp³-hybridized carbons (Fsp3) is 1.00. The maximum absolute atomic E-state index is 12.5. The molecule has 0 spiro atoms. The van der Waals surface area contributed by atoms with E-state index in [9.17, 15) is 8.42 Å². The first-order chi connectivity index (χ1) is 8.74. The maximum Gasteiger partial charge on any atom is 0.214 e. The highest BCUT2D eigenvalue weighted by Crippen LogP contribution is 2.25.